The lowest BCUT2D eigenvalue weighted by Gasteiger charge is -2.30. The topological polar surface area (TPSA) is 95.4 Å². The van der Waals surface area contributed by atoms with E-state index in [1.807, 2.05) is 91.8 Å². The number of hydrogen-bond acceptors (Lipinski definition) is 5. The first-order chi connectivity index (χ1) is 20.2. The number of pyridine rings is 2. The van der Waals surface area contributed by atoms with Gasteiger partial charge in [0.25, 0.3) is 5.91 Å². The summed E-state index contributed by atoms with van der Waals surface area (Å²) in [7, 11) is -1.33. The summed E-state index contributed by atoms with van der Waals surface area (Å²) < 4.78 is 15.1. The summed E-state index contributed by atoms with van der Waals surface area (Å²) in [4.78, 5) is 22.6. The number of aliphatic hydroxyl groups excluding tert-OH is 1. The van der Waals surface area contributed by atoms with Crippen LogP contribution in [0, 0.1) is 0 Å². The molecule has 5 rings (SSSR count). The van der Waals surface area contributed by atoms with E-state index < -0.39 is 15.7 Å². The molecule has 0 saturated carbocycles. The van der Waals surface area contributed by atoms with E-state index in [1.54, 1.807) is 12.3 Å². The molecule has 0 saturated heterocycles. The third kappa shape index (κ3) is 6.73. The quantitative estimate of drug-likeness (QED) is 0.239. The van der Waals surface area contributed by atoms with Crippen molar-refractivity contribution in [1.82, 2.24) is 19.6 Å². The Balaban J connectivity index is 1.57. The molecule has 8 heteroatoms. The molecule has 2 aromatic carbocycles. The standard InChI is InChI=1S/C34H36N4O3S/c1-34(2,3)42(41)38-23-27-21-29(33(40)36-22-28-14-7-8-18-35-28)37-32(31(27)30(38)17-19-39)26-13-9-12-25(20-26)16-15-24-10-5-4-6-11-24/h4-16,18,20-21,30,39H,17,19,22-23H2,1-3H3,(H,36,40)/b16-15+/t30-,42-/m0/s1. The number of nitrogens with one attached hydrogen (secondary N) is 1. The highest BCUT2D eigenvalue weighted by molar-refractivity contribution is 7.84. The van der Waals surface area contributed by atoms with Crippen LogP contribution in [0.15, 0.2) is 85.1 Å². The highest BCUT2D eigenvalue weighted by Crippen LogP contribution is 2.44. The monoisotopic (exact) mass is 580 g/mol. The predicted molar refractivity (Wildman–Crippen MR) is 168 cm³/mol. The maximum absolute atomic E-state index is 13.7. The van der Waals surface area contributed by atoms with Gasteiger partial charge in [-0.05, 0) is 68.1 Å². The molecule has 0 radical (unpaired) electrons. The van der Waals surface area contributed by atoms with Gasteiger partial charge in [0.2, 0.25) is 0 Å². The Kier molecular flexibility index (Phi) is 9.06. The van der Waals surface area contributed by atoms with Gasteiger partial charge < -0.3 is 10.4 Å². The van der Waals surface area contributed by atoms with Crippen LogP contribution in [0.1, 0.15) is 71.7 Å². The molecule has 0 fully saturated rings. The van der Waals surface area contributed by atoms with Gasteiger partial charge >= 0.3 is 0 Å². The van der Waals surface area contributed by atoms with E-state index in [2.05, 4.69) is 28.5 Å². The Morgan fingerprint density at radius 1 is 1.02 bits per heavy atom. The Hall–Kier alpha value is -3.98. The Labute approximate surface area is 250 Å². The maximum Gasteiger partial charge on any atom is 0.270 e. The Bertz CT molecular complexity index is 1600. The average Bonchev–Trinajstić information content (AvgIpc) is 3.37. The van der Waals surface area contributed by atoms with Gasteiger partial charge in [-0.3, -0.25) is 9.78 Å². The summed E-state index contributed by atoms with van der Waals surface area (Å²) in [6.07, 6.45) is 6.20. The van der Waals surface area contributed by atoms with E-state index >= 15 is 0 Å². The summed E-state index contributed by atoms with van der Waals surface area (Å²) in [6.45, 7) is 6.45. The summed E-state index contributed by atoms with van der Waals surface area (Å²) in [5.74, 6) is -0.307. The van der Waals surface area contributed by atoms with E-state index in [0.29, 0.717) is 18.7 Å². The summed E-state index contributed by atoms with van der Waals surface area (Å²) in [5, 5.41) is 13.0. The minimum Gasteiger partial charge on any atom is -0.396 e. The molecule has 2 atom stereocenters. The highest BCUT2D eigenvalue weighted by atomic mass is 32.2. The normalized spacial score (nSPS) is 16.0. The number of aromatic nitrogens is 2. The molecule has 2 aromatic heterocycles. The maximum atomic E-state index is 13.7. The minimum atomic E-state index is -1.33. The smallest absolute Gasteiger partial charge is 0.270 e. The summed E-state index contributed by atoms with van der Waals surface area (Å²) >= 11 is 0. The molecule has 42 heavy (non-hydrogen) atoms. The first-order valence-electron chi connectivity index (χ1n) is 14.1. The third-order valence-corrected chi connectivity index (χ3v) is 8.96. The molecule has 3 heterocycles. The lowest BCUT2D eigenvalue weighted by Crippen LogP contribution is -2.36. The van der Waals surface area contributed by atoms with Gasteiger partial charge in [-0.1, -0.05) is 66.7 Å². The molecule has 216 valence electrons. The fourth-order valence-electron chi connectivity index (χ4n) is 5.12. The molecular weight excluding hydrogens is 544 g/mol. The SMILES string of the molecule is CC(C)(C)[S@](=O)N1Cc2cc(C(=O)NCc3ccccn3)nc(-c3cccc(/C=C/c4ccccc4)c3)c2[C@@H]1CCO. The number of aliphatic hydroxyl groups is 1. The second-order valence-electron chi connectivity index (χ2n) is 11.3. The zero-order valence-electron chi connectivity index (χ0n) is 24.2. The second-order valence-corrected chi connectivity index (χ2v) is 13.5. The number of benzene rings is 2. The molecule has 0 aliphatic carbocycles. The molecule has 4 aromatic rings. The van der Waals surface area contributed by atoms with Crippen molar-refractivity contribution in [2.75, 3.05) is 6.61 Å². The highest BCUT2D eigenvalue weighted by Gasteiger charge is 2.40. The van der Waals surface area contributed by atoms with Crippen molar-refractivity contribution in [1.29, 1.82) is 0 Å². The lowest BCUT2D eigenvalue weighted by atomic mass is 9.95. The van der Waals surface area contributed by atoms with E-state index in [9.17, 15) is 14.1 Å². The number of carbonyl (C=O) groups is 1. The van der Waals surface area contributed by atoms with Gasteiger partial charge in [-0.2, -0.15) is 0 Å². The molecule has 0 unspecified atom stereocenters. The molecule has 1 aliphatic rings. The molecule has 7 nitrogen and oxygen atoms in total. The predicted octanol–water partition coefficient (Wildman–Crippen LogP) is 5.95. The van der Waals surface area contributed by atoms with Crippen molar-refractivity contribution < 1.29 is 14.1 Å². The molecule has 1 aliphatic heterocycles. The first-order valence-corrected chi connectivity index (χ1v) is 15.2. The summed E-state index contributed by atoms with van der Waals surface area (Å²) in [5.41, 5.74) is 6.44. The zero-order chi connectivity index (χ0) is 29.7. The Morgan fingerprint density at radius 2 is 1.76 bits per heavy atom. The fraction of sp³-hybridized carbons (Fsp3) is 0.265. The average molecular weight is 581 g/mol. The second kappa shape index (κ2) is 12.9. The van der Waals surface area contributed by atoms with Crippen LogP contribution in [-0.2, 0) is 24.1 Å². The lowest BCUT2D eigenvalue weighted by molar-refractivity contribution is 0.0945. The van der Waals surface area contributed by atoms with Gasteiger partial charge in [-0.25, -0.2) is 13.5 Å². The van der Waals surface area contributed by atoms with Crippen LogP contribution in [0.2, 0.25) is 0 Å². The number of amides is 1. The third-order valence-electron chi connectivity index (χ3n) is 7.11. The largest absolute Gasteiger partial charge is 0.396 e. The summed E-state index contributed by atoms with van der Waals surface area (Å²) in [6, 6.07) is 25.2. The van der Waals surface area contributed by atoms with Crippen LogP contribution >= 0.6 is 0 Å². The van der Waals surface area contributed by atoms with Crippen molar-refractivity contribution in [2.45, 2.75) is 51.1 Å². The van der Waals surface area contributed by atoms with Gasteiger partial charge in [0, 0.05) is 30.5 Å². The number of nitrogens with zero attached hydrogens (tertiary/aromatic N) is 3. The van der Waals surface area contributed by atoms with Crippen LogP contribution < -0.4 is 5.32 Å². The first kappa shape index (κ1) is 29.5. The van der Waals surface area contributed by atoms with Crippen molar-refractivity contribution in [3.8, 4) is 11.3 Å². The number of fused-ring (bicyclic) bond motifs is 1. The molecule has 2 N–H and O–H groups in total. The molecule has 0 bridgehead atoms. The van der Waals surface area contributed by atoms with Crippen molar-refractivity contribution in [3.63, 3.8) is 0 Å². The van der Waals surface area contributed by atoms with Gasteiger partial charge in [0.15, 0.2) is 0 Å². The van der Waals surface area contributed by atoms with Crippen LogP contribution in [0.5, 0.6) is 0 Å². The van der Waals surface area contributed by atoms with E-state index in [1.165, 1.54) is 0 Å². The van der Waals surface area contributed by atoms with E-state index in [-0.39, 0.29) is 30.8 Å². The fourth-order valence-corrected chi connectivity index (χ4v) is 6.52. The van der Waals surface area contributed by atoms with E-state index in [4.69, 9.17) is 4.98 Å². The number of rotatable bonds is 9. The molecule has 1 amide bonds. The molecule has 0 spiro atoms. The van der Waals surface area contributed by atoms with Crippen LogP contribution in [-0.4, -0.2) is 40.8 Å². The number of carbonyl (C=O) groups excluding carboxylic acids is 1. The van der Waals surface area contributed by atoms with Crippen molar-refractivity contribution in [2.24, 2.45) is 0 Å². The van der Waals surface area contributed by atoms with Crippen molar-refractivity contribution >= 4 is 29.0 Å². The van der Waals surface area contributed by atoms with Crippen LogP contribution in [0.4, 0.5) is 0 Å². The van der Waals surface area contributed by atoms with Gasteiger partial charge in [-0.15, -0.1) is 0 Å². The van der Waals surface area contributed by atoms with Crippen LogP contribution in [0.3, 0.4) is 0 Å². The van der Waals surface area contributed by atoms with Gasteiger partial charge in [0.05, 0.1) is 28.7 Å². The van der Waals surface area contributed by atoms with Crippen molar-refractivity contribution in [3.05, 3.63) is 119 Å². The van der Waals surface area contributed by atoms with E-state index in [0.717, 1.165) is 33.5 Å². The molecular formula is C34H36N4O3S. The minimum absolute atomic E-state index is 0.0619. The number of hydrogen-bond donors (Lipinski definition) is 2. The zero-order valence-corrected chi connectivity index (χ0v) is 25.0. The van der Waals surface area contributed by atoms with Crippen LogP contribution in [0.25, 0.3) is 23.4 Å². The van der Waals surface area contributed by atoms with Gasteiger partial charge in [0.1, 0.15) is 16.7 Å². The Morgan fingerprint density at radius 3 is 2.48 bits per heavy atom.